The molecule has 0 spiro atoms. The van der Waals surface area contributed by atoms with Crippen LogP contribution >= 0.6 is 38.7 Å². The van der Waals surface area contributed by atoms with Gasteiger partial charge in [0, 0.05) is 68.0 Å². The fourth-order valence-corrected chi connectivity index (χ4v) is 13.9. The predicted molar refractivity (Wildman–Crippen MR) is 402 cm³/mol. The van der Waals surface area contributed by atoms with E-state index in [1.807, 2.05) is 0 Å². The molecule has 0 unspecified atom stereocenters. The second kappa shape index (κ2) is 65.2. The zero-order valence-electron chi connectivity index (χ0n) is 62.4. The smallest absolute Gasteiger partial charge is 0.325 e. The van der Waals surface area contributed by atoms with Crippen molar-refractivity contribution >= 4 is 74.4 Å². The third-order valence-corrected chi connectivity index (χ3v) is 21.3. The number of hydrogen-bond acceptors (Lipinski definition) is 18. The summed E-state index contributed by atoms with van der Waals surface area (Å²) in [6, 6.07) is -1.94. The molecule has 5 atom stereocenters. The highest BCUT2D eigenvalue weighted by Gasteiger charge is 2.45. The average molecular weight is 1490 g/mol. The lowest BCUT2D eigenvalue weighted by Gasteiger charge is -2.21. The number of nitrogens with two attached hydrogens (primary N) is 2. The van der Waals surface area contributed by atoms with E-state index in [1.165, 1.54) is 178 Å². The molecule has 0 saturated heterocycles. The van der Waals surface area contributed by atoms with Crippen LogP contribution < -0.4 is 22.1 Å². The third kappa shape index (κ3) is 66.1. The molecule has 584 valence electrons. The molecule has 26 heteroatoms. The zero-order chi connectivity index (χ0) is 73.5. The molecule has 0 aromatic heterocycles. The number of carbonyl (C=O) groups excluding carboxylic acids is 6. The van der Waals surface area contributed by atoms with Crippen LogP contribution in [0.25, 0.3) is 0 Å². The highest BCUT2D eigenvalue weighted by Crippen LogP contribution is 2.37. The van der Waals surface area contributed by atoms with E-state index in [-0.39, 0.29) is 112 Å². The summed E-state index contributed by atoms with van der Waals surface area (Å²) in [5, 5.41) is 5.75. The van der Waals surface area contributed by atoms with E-state index in [1.54, 1.807) is 6.92 Å². The van der Waals surface area contributed by atoms with Gasteiger partial charge in [-0.15, -0.1) is 0 Å². The summed E-state index contributed by atoms with van der Waals surface area (Å²) in [5.41, 5.74) is 11.8. The lowest BCUT2D eigenvalue weighted by atomic mass is 10.1. The molecule has 0 radical (unpaired) electrons. The first kappa shape index (κ1) is 96.7. The maximum atomic E-state index is 12.8. The summed E-state index contributed by atoms with van der Waals surface area (Å²) >= 11 is 2.74. The lowest BCUT2D eigenvalue weighted by molar-refractivity contribution is -0.157. The number of carbonyl (C=O) groups is 6. The Kier molecular flexibility index (Phi) is 63.7. The number of ether oxygens (including phenoxy) is 6. The Balaban J connectivity index is 0.00000194. The van der Waals surface area contributed by atoms with Crippen molar-refractivity contribution in [1.29, 1.82) is 0 Å². The normalized spacial score (nSPS) is 14.3. The Morgan fingerprint density at radius 3 is 1.04 bits per heavy atom. The van der Waals surface area contributed by atoms with Crippen LogP contribution in [0.15, 0.2) is 0 Å². The van der Waals surface area contributed by atoms with Crippen LogP contribution in [0, 0.1) is 0 Å². The highest BCUT2D eigenvalue weighted by atomic mass is 32.2. The molecule has 0 heterocycles. The number of esters is 4. The second-order valence-electron chi connectivity index (χ2n) is 27.5. The van der Waals surface area contributed by atoms with Gasteiger partial charge in [-0.05, 0) is 58.3 Å². The molecule has 10 N–H and O–H groups in total. The molecule has 22 nitrogen and oxygen atoms in total. The van der Waals surface area contributed by atoms with Crippen LogP contribution in [0.1, 0.15) is 317 Å². The number of rotatable bonds is 70. The molecular weight excluding hydrogens is 1350 g/mol. The molecule has 1 fully saturated rings. The van der Waals surface area contributed by atoms with E-state index in [0.717, 1.165) is 89.9 Å². The fourth-order valence-electron chi connectivity index (χ4n) is 10.8. The van der Waals surface area contributed by atoms with Gasteiger partial charge >= 0.3 is 39.1 Å². The van der Waals surface area contributed by atoms with Gasteiger partial charge in [-0.1, -0.05) is 233 Å². The van der Waals surface area contributed by atoms with Gasteiger partial charge in [-0.3, -0.25) is 37.9 Å². The van der Waals surface area contributed by atoms with Crippen LogP contribution in [0.2, 0.25) is 0 Å². The van der Waals surface area contributed by atoms with Gasteiger partial charge in [0.1, 0.15) is 25.4 Å². The van der Waals surface area contributed by atoms with Crippen molar-refractivity contribution in [1.82, 2.24) is 10.6 Å². The van der Waals surface area contributed by atoms with E-state index < -0.39 is 45.0 Å². The minimum absolute atomic E-state index is 0.0172. The first-order valence-corrected chi connectivity index (χ1v) is 44.6. The molecule has 0 aliphatic heterocycles. The maximum absolute atomic E-state index is 12.8. The van der Waals surface area contributed by atoms with Gasteiger partial charge in [0.15, 0.2) is 0 Å². The molecule has 1 aliphatic rings. The van der Waals surface area contributed by atoms with Gasteiger partial charge in [0.05, 0.1) is 43.2 Å². The van der Waals surface area contributed by atoms with Gasteiger partial charge < -0.3 is 70.1 Å². The molecule has 2 amide bonds. The Morgan fingerprint density at radius 2 is 0.717 bits per heavy atom. The summed E-state index contributed by atoms with van der Waals surface area (Å²) in [6.07, 6.45) is 43.3. The van der Waals surface area contributed by atoms with Crippen LogP contribution in [0.4, 0.5) is 0 Å². The maximum Gasteiger partial charge on any atom is 0.325 e. The first-order valence-electron chi connectivity index (χ1n) is 38.7. The summed E-state index contributed by atoms with van der Waals surface area (Å²) in [5.74, 6) is -0.575. The Bertz CT molecular complexity index is 2110. The SMILES string of the molecule is CCCCCCCCCCCC(=O)OC[C@H](CSC[C@H](N)C(=O)NC1(COCCCP(=O)(O)O)CC1)OC(=O)CCCCCCCCCCC.CCCCCCCCCCCC(=O)OC[C@H](CSC[C@H](N)C(=O)N[C@@H](C)COCCCP(=O)(O)O)OC(=O)CCCCCCCCCCC. The summed E-state index contributed by atoms with van der Waals surface area (Å²) in [6.45, 7) is 11.4. The quantitative estimate of drug-likeness (QED) is 0.0121. The number of hydrogen-bond donors (Lipinski definition) is 8. The molecule has 0 aromatic rings. The van der Waals surface area contributed by atoms with E-state index >= 15 is 0 Å². The summed E-state index contributed by atoms with van der Waals surface area (Å²) in [4.78, 5) is 111. The third-order valence-electron chi connectivity index (χ3n) is 17.1. The molecular formula is C73H142N4O18P2S2. The van der Waals surface area contributed by atoms with Crippen LogP contribution in [0.5, 0.6) is 0 Å². The molecule has 1 aliphatic carbocycles. The van der Waals surface area contributed by atoms with Crippen LogP contribution in [-0.2, 0) is 66.3 Å². The zero-order valence-corrected chi connectivity index (χ0v) is 65.8. The minimum atomic E-state index is -4.05. The van der Waals surface area contributed by atoms with Crippen molar-refractivity contribution in [2.45, 2.75) is 353 Å². The summed E-state index contributed by atoms with van der Waals surface area (Å²) in [7, 11) is -8.10. The Hall–Kier alpha value is -2.34. The van der Waals surface area contributed by atoms with Crippen LogP contribution in [0.3, 0.4) is 0 Å². The molecule has 1 rings (SSSR count). The van der Waals surface area contributed by atoms with Crippen molar-refractivity contribution in [3.05, 3.63) is 0 Å². The minimum Gasteiger partial charge on any atom is -0.462 e. The van der Waals surface area contributed by atoms with Gasteiger partial charge in [-0.2, -0.15) is 23.5 Å². The van der Waals surface area contributed by atoms with Crippen LogP contribution in [-0.4, -0.2) is 166 Å². The highest BCUT2D eigenvalue weighted by molar-refractivity contribution is 7.99. The van der Waals surface area contributed by atoms with Gasteiger partial charge in [-0.25, -0.2) is 0 Å². The monoisotopic (exact) mass is 1490 g/mol. The Morgan fingerprint density at radius 1 is 0.414 bits per heavy atom. The van der Waals surface area contributed by atoms with E-state index in [2.05, 4.69) is 38.3 Å². The van der Waals surface area contributed by atoms with E-state index in [0.29, 0.717) is 42.9 Å². The van der Waals surface area contributed by atoms with E-state index in [9.17, 15) is 37.9 Å². The molecule has 1 saturated carbocycles. The standard InChI is InChI=1S/C37H71N2O9PS.C36H71N2O9PS/c1-3-5-7-9-11-13-15-17-19-22-34(40)47-28-32(48-35(41)23-20-18-16-14-12-10-8-6-4-2)29-50-30-33(38)36(42)39-37(24-25-37)31-46-26-21-27-49(43,44)45;1-4-6-8-10-12-14-16-18-20-23-34(39)46-28-32(47-35(40)24-21-19-17-15-13-11-9-7-5-2)29-49-30-33(37)36(41)38-31(3)27-45-25-22-26-48(42,43)44/h32-33H,3-31,38H2,1-2H3,(H,39,42)(H2,43,44,45);31-33H,4-30,37H2,1-3H3,(H,38,41)(H2,42,43,44)/t32-,33+;31-,32+,33-/m10/s1. The summed E-state index contributed by atoms with van der Waals surface area (Å²) < 4.78 is 55.4. The van der Waals surface area contributed by atoms with Gasteiger partial charge in [0.2, 0.25) is 11.8 Å². The lowest BCUT2D eigenvalue weighted by Crippen LogP contribution is -2.49. The van der Waals surface area contributed by atoms with Crippen molar-refractivity contribution < 1.29 is 85.9 Å². The number of thioether (sulfide) groups is 2. The van der Waals surface area contributed by atoms with Crippen molar-refractivity contribution in [2.75, 3.05) is 75.0 Å². The number of amides is 2. The van der Waals surface area contributed by atoms with E-state index in [4.69, 9.17) is 59.5 Å². The topological polar surface area (TPSA) is 349 Å². The molecule has 0 aromatic carbocycles. The molecule has 0 bridgehead atoms. The number of nitrogens with one attached hydrogen (secondary N) is 2. The van der Waals surface area contributed by atoms with Gasteiger partial charge in [0.25, 0.3) is 0 Å². The second-order valence-corrected chi connectivity index (χ2v) is 33.2. The predicted octanol–water partition coefficient (Wildman–Crippen LogP) is 15.0. The van der Waals surface area contributed by atoms with Crippen molar-refractivity contribution in [2.24, 2.45) is 11.5 Å². The average Bonchev–Trinajstić information content (AvgIpc) is 1.66. The number of unbranched alkanes of at least 4 members (excludes halogenated alkanes) is 32. The largest absolute Gasteiger partial charge is 0.462 e. The fraction of sp³-hybridized carbons (Fsp3) is 0.918. The molecule has 99 heavy (non-hydrogen) atoms. The van der Waals surface area contributed by atoms with Crippen molar-refractivity contribution in [3.63, 3.8) is 0 Å². The van der Waals surface area contributed by atoms with Crippen molar-refractivity contribution in [3.8, 4) is 0 Å². The first-order chi connectivity index (χ1) is 47.5. The Labute approximate surface area is 607 Å².